The summed E-state index contributed by atoms with van der Waals surface area (Å²) in [5, 5.41) is 6.95. The Balaban J connectivity index is 0.736. The van der Waals surface area contributed by atoms with E-state index in [0.29, 0.717) is 71.3 Å². The maximum atomic E-state index is 6.96. The van der Waals surface area contributed by atoms with Gasteiger partial charge in [0, 0.05) is 41.2 Å². The van der Waals surface area contributed by atoms with Crippen LogP contribution in [0.3, 0.4) is 0 Å². The Hall–Kier alpha value is -4.54. The number of nitrogens with two attached hydrogens (primary N) is 1. The van der Waals surface area contributed by atoms with Gasteiger partial charge in [0.15, 0.2) is 6.17 Å². The van der Waals surface area contributed by atoms with Crippen LogP contribution in [0, 0.1) is 41.4 Å². The van der Waals surface area contributed by atoms with Gasteiger partial charge in [-0.2, -0.15) is 0 Å². The number of benzene rings is 2. The first-order valence-electron chi connectivity index (χ1n) is 24.2. The molecule has 0 aromatic heterocycles. The monoisotopic (exact) mass is 801 g/mol. The lowest BCUT2D eigenvalue weighted by Gasteiger charge is -2.46. The normalized spacial score (nSPS) is 39.5. The molecular formula is C58H61N2O+. The number of hydrogen-bond acceptors (Lipinski definition) is 2. The topological polar surface area (TPSA) is 37.9 Å². The van der Waals surface area contributed by atoms with E-state index in [-0.39, 0.29) is 12.3 Å². The predicted molar refractivity (Wildman–Crippen MR) is 247 cm³/mol. The van der Waals surface area contributed by atoms with E-state index in [1.165, 1.54) is 72.8 Å². The molecule has 14 atom stereocenters. The molecule has 308 valence electrons. The summed E-state index contributed by atoms with van der Waals surface area (Å²) in [5.41, 5.74) is 17.2. The minimum atomic E-state index is 0.122. The molecule has 0 saturated carbocycles. The van der Waals surface area contributed by atoms with E-state index in [1.807, 2.05) is 0 Å². The van der Waals surface area contributed by atoms with Gasteiger partial charge in [-0.05, 0) is 138 Å². The van der Waals surface area contributed by atoms with Gasteiger partial charge in [0.1, 0.15) is 6.04 Å². The summed E-state index contributed by atoms with van der Waals surface area (Å²) in [6, 6.07) is 17.6. The number of allylic oxidation sites excluding steroid dienone is 16. The Kier molecular flexibility index (Phi) is 8.98. The highest BCUT2D eigenvalue weighted by Gasteiger charge is 2.49. The van der Waals surface area contributed by atoms with Crippen LogP contribution >= 0.6 is 0 Å². The fourth-order valence-electron chi connectivity index (χ4n) is 14.7. The SMILES string of the molecule is CC1C(c2ccc3c(c2)C2Cc4ccccc4C4C=CC=C3C42)COC2C=C(C3NC(C4CC=C5C6=C(CCC=C6)C(CC6=CCCC=C6)C5C4)C4C=CC=CC4[NH2+]3)C=CC21. The van der Waals surface area contributed by atoms with Crippen molar-refractivity contribution in [2.24, 2.45) is 41.4 Å². The second kappa shape index (κ2) is 14.8. The molecule has 2 aliphatic heterocycles. The van der Waals surface area contributed by atoms with Crippen LogP contribution in [-0.2, 0) is 11.2 Å². The highest BCUT2D eigenvalue weighted by Crippen LogP contribution is 2.59. The maximum Gasteiger partial charge on any atom is 0.166 e. The number of hydrogen-bond donors (Lipinski definition) is 2. The van der Waals surface area contributed by atoms with E-state index in [0.717, 1.165) is 13.0 Å². The molecule has 2 fully saturated rings. The summed E-state index contributed by atoms with van der Waals surface area (Å²) in [7, 11) is 0. The first-order valence-corrected chi connectivity index (χ1v) is 24.2. The molecule has 2 saturated heterocycles. The molecule has 0 amide bonds. The van der Waals surface area contributed by atoms with E-state index < -0.39 is 0 Å². The molecule has 3 nitrogen and oxygen atoms in total. The Morgan fingerprint density at radius 3 is 2.70 bits per heavy atom. The van der Waals surface area contributed by atoms with Crippen molar-refractivity contribution in [2.75, 3.05) is 6.61 Å². The largest absolute Gasteiger partial charge is 0.373 e. The van der Waals surface area contributed by atoms with Crippen LogP contribution in [0.2, 0.25) is 0 Å². The zero-order valence-electron chi connectivity index (χ0n) is 35.7. The zero-order chi connectivity index (χ0) is 40.2. The summed E-state index contributed by atoms with van der Waals surface area (Å²) in [4.78, 5) is 0. The van der Waals surface area contributed by atoms with Gasteiger partial charge in [0.25, 0.3) is 0 Å². The molecule has 0 radical (unpaired) electrons. The van der Waals surface area contributed by atoms with E-state index in [1.54, 1.807) is 33.4 Å². The third-order valence-corrected chi connectivity index (χ3v) is 17.7. The molecule has 14 unspecified atom stereocenters. The molecule has 3 N–H and O–H groups in total. The van der Waals surface area contributed by atoms with Crippen molar-refractivity contribution in [1.82, 2.24) is 5.32 Å². The molecule has 2 heterocycles. The van der Waals surface area contributed by atoms with Gasteiger partial charge < -0.3 is 10.1 Å². The smallest absolute Gasteiger partial charge is 0.166 e. The fraction of sp³-hybridized carbons (Fsp3) is 0.414. The molecule has 3 heteroatoms. The van der Waals surface area contributed by atoms with Crippen molar-refractivity contribution < 1.29 is 10.1 Å². The molecule has 61 heavy (non-hydrogen) atoms. The second-order valence-corrected chi connectivity index (χ2v) is 20.5. The van der Waals surface area contributed by atoms with Crippen molar-refractivity contribution in [2.45, 2.75) is 100 Å². The van der Waals surface area contributed by atoms with Crippen LogP contribution in [0.25, 0.3) is 5.57 Å². The number of fused-ring (bicyclic) bond motifs is 9. The third-order valence-electron chi connectivity index (χ3n) is 17.7. The summed E-state index contributed by atoms with van der Waals surface area (Å²) in [6.45, 7) is 3.28. The molecular weight excluding hydrogens is 741 g/mol. The summed E-state index contributed by atoms with van der Waals surface area (Å²) in [6.07, 6.45) is 49.3. The van der Waals surface area contributed by atoms with Crippen LogP contribution in [0.1, 0.15) is 97.4 Å². The molecule has 2 aromatic carbocycles. The first-order chi connectivity index (χ1) is 30.1. The Bertz CT molecular complexity index is 2510. The Labute approximate surface area is 363 Å². The summed E-state index contributed by atoms with van der Waals surface area (Å²) in [5.74, 6) is 5.26. The minimum Gasteiger partial charge on any atom is -0.373 e. The Morgan fingerprint density at radius 1 is 0.820 bits per heavy atom. The molecule has 2 aromatic rings. The fourth-order valence-corrected chi connectivity index (χ4v) is 14.7. The van der Waals surface area contributed by atoms with Gasteiger partial charge in [-0.1, -0.05) is 146 Å². The van der Waals surface area contributed by atoms with Crippen molar-refractivity contribution in [3.63, 3.8) is 0 Å². The second-order valence-electron chi connectivity index (χ2n) is 20.5. The van der Waals surface area contributed by atoms with Crippen LogP contribution in [-0.4, -0.2) is 31.0 Å². The minimum absolute atomic E-state index is 0.122. The van der Waals surface area contributed by atoms with Crippen molar-refractivity contribution >= 4 is 5.57 Å². The number of nitrogens with one attached hydrogen (secondary N) is 1. The number of quaternary nitrogens is 1. The summed E-state index contributed by atoms with van der Waals surface area (Å²) < 4.78 is 6.96. The molecule has 0 bridgehead atoms. The average molecular weight is 802 g/mol. The van der Waals surface area contributed by atoms with E-state index >= 15 is 0 Å². The van der Waals surface area contributed by atoms with Crippen LogP contribution < -0.4 is 10.6 Å². The van der Waals surface area contributed by atoms with E-state index in [2.05, 4.69) is 157 Å². The average Bonchev–Trinajstić information content (AvgIpc) is 3.80. The lowest BCUT2D eigenvalue weighted by Crippen LogP contribution is -3.03. The molecule has 13 rings (SSSR count). The standard InChI is InChI=1S/C58H60N2O/c1-34-40-25-24-39(32-55(40)61-33-53(34)37-22-26-45-47-20-11-19-46-41-15-6-5-14-36(41)30-52(56(46)47)51(45)29-37)58-59-54-21-10-9-18-48(54)57(60-58)38-23-27-44-42-16-7-8-17-43(42)49(50(44)31-38)28-35-12-3-2-4-13-35/h3,5-7,9-16,18-22,24-27,29,32,34,38,40,46,48-50,52-60H,2,4,8,17,23,28,30-31,33H2,1H3/p+1. The quantitative estimate of drug-likeness (QED) is 0.316. The molecule has 9 aliphatic carbocycles. The highest BCUT2D eigenvalue weighted by molar-refractivity contribution is 5.81. The molecule has 0 spiro atoms. The predicted octanol–water partition coefficient (Wildman–Crippen LogP) is 10.8. The van der Waals surface area contributed by atoms with Gasteiger partial charge in [0.05, 0.1) is 12.7 Å². The third kappa shape index (κ3) is 6.01. The van der Waals surface area contributed by atoms with Gasteiger partial charge in [0.2, 0.25) is 0 Å². The van der Waals surface area contributed by atoms with Crippen molar-refractivity contribution in [3.8, 4) is 0 Å². The number of ether oxygens (including phenoxy) is 1. The summed E-state index contributed by atoms with van der Waals surface area (Å²) >= 11 is 0. The van der Waals surface area contributed by atoms with E-state index in [4.69, 9.17) is 4.74 Å². The van der Waals surface area contributed by atoms with Gasteiger partial charge in [-0.3, -0.25) is 5.32 Å². The zero-order valence-corrected chi connectivity index (χ0v) is 35.7. The van der Waals surface area contributed by atoms with Gasteiger partial charge >= 0.3 is 0 Å². The lowest BCUT2D eigenvalue weighted by atomic mass is 9.66. The maximum absolute atomic E-state index is 6.96. The van der Waals surface area contributed by atoms with Gasteiger partial charge in [-0.25, -0.2) is 0 Å². The Morgan fingerprint density at radius 2 is 1.75 bits per heavy atom. The van der Waals surface area contributed by atoms with Crippen molar-refractivity contribution in [1.29, 1.82) is 0 Å². The van der Waals surface area contributed by atoms with Crippen molar-refractivity contribution in [3.05, 3.63) is 195 Å². The van der Waals surface area contributed by atoms with Gasteiger partial charge in [-0.15, -0.1) is 0 Å². The van der Waals surface area contributed by atoms with Crippen LogP contribution in [0.4, 0.5) is 0 Å². The highest BCUT2D eigenvalue weighted by atomic mass is 16.5. The number of rotatable bonds is 5. The molecule has 11 aliphatic rings. The lowest BCUT2D eigenvalue weighted by molar-refractivity contribution is -0.724. The van der Waals surface area contributed by atoms with E-state index in [9.17, 15) is 0 Å². The van der Waals surface area contributed by atoms with Crippen LogP contribution in [0.15, 0.2) is 168 Å². The van der Waals surface area contributed by atoms with Crippen LogP contribution in [0.5, 0.6) is 0 Å². The first kappa shape index (κ1) is 37.1.